The third kappa shape index (κ3) is 3.88. The van der Waals surface area contributed by atoms with E-state index in [4.69, 9.17) is 20.8 Å². The van der Waals surface area contributed by atoms with Crippen molar-refractivity contribution < 1.29 is 13.9 Å². The molecule has 6 nitrogen and oxygen atoms in total. The summed E-state index contributed by atoms with van der Waals surface area (Å²) in [7, 11) is 3.23. The van der Waals surface area contributed by atoms with E-state index in [2.05, 4.69) is 15.6 Å². The smallest absolute Gasteiger partial charge is 0.294 e. The van der Waals surface area contributed by atoms with Crippen molar-refractivity contribution in [3.63, 3.8) is 0 Å². The number of halogens is 1. The molecule has 0 unspecified atom stereocenters. The lowest BCUT2D eigenvalue weighted by molar-refractivity contribution is 0.0927. The van der Waals surface area contributed by atoms with Crippen molar-refractivity contribution in [1.82, 2.24) is 10.3 Å². The molecule has 0 bridgehead atoms. The van der Waals surface area contributed by atoms with Gasteiger partial charge in [-0.2, -0.15) is 0 Å². The van der Waals surface area contributed by atoms with Gasteiger partial charge in [0.2, 0.25) is 5.76 Å². The Morgan fingerprint density at radius 1 is 1.48 bits per heavy atom. The van der Waals surface area contributed by atoms with Crippen LogP contribution in [0.4, 0.5) is 6.01 Å². The first kappa shape index (κ1) is 15.2. The van der Waals surface area contributed by atoms with Crippen molar-refractivity contribution in [1.29, 1.82) is 0 Å². The predicted octanol–water partition coefficient (Wildman–Crippen LogP) is 2.35. The van der Waals surface area contributed by atoms with Crippen LogP contribution in [0.25, 0.3) is 0 Å². The highest BCUT2D eigenvalue weighted by molar-refractivity contribution is 6.32. The van der Waals surface area contributed by atoms with Crippen LogP contribution in [0.3, 0.4) is 0 Å². The maximum absolute atomic E-state index is 11.8. The molecular formula is C14H16ClN3O3. The SMILES string of the molecule is CNc1ncc(C(=O)NCCc2ccc(Cl)c(OC)c2)o1. The topological polar surface area (TPSA) is 76.4 Å². The second-order valence-electron chi connectivity index (χ2n) is 4.25. The lowest BCUT2D eigenvalue weighted by atomic mass is 10.1. The van der Waals surface area contributed by atoms with Crippen LogP contribution in [-0.4, -0.2) is 31.6 Å². The molecule has 0 spiro atoms. The first-order valence-electron chi connectivity index (χ1n) is 6.38. The maximum Gasteiger partial charge on any atom is 0.294 e. The zero-order valence-corrected chi connectivity index (χ0v) is 12.5. The number of rotatable bonds is 6. The summed E-state index contributed by atoms with van der Waals surface area (Å²) in [6, 6.07) is 5.82. The quantitative estimate of drug-likeness (QED) is 0.856. The minimum absolute atomic E-state index is 0.174. The van der Waals surface area contributed by atoms with Gasteiger partial charge in [0.05, 0.1) is 18.3 Å². The Kier molecular flexibility index (Phi) is 5.05. The molecule has 2 N–H and O–H groups in total. The van der Waals surface area contributed by atoms with E-state index in [9.17, 15) is 4.79 Å². The van der Waals surface area contributed by atoms with Gasteiger partial charge in [-0.05, 0) is 24.1 Å². The zero-order chi connectivity index (χ0) is 15.2. The van der Waals surface area contributed by atoms with E-state index in [1.54, 1.807) is 20.2 Å². The van der Waals surface area contributed by atoms with Crippen LogP contribution in [0.2, 0.25) is 5.02 Å². The lowest BCUT2D eigenvalue weighted by Gasteiger charge is -2.07. The summed E-state index contributed by atoms with van der Waals surface area (Å²) in [5.74, 6) is 0.493. The first-order valence-corrected chi connectivity index (χ1v) is 6.76. The normalized spacial score (nSPS) is 10.2. The fraction of sp³-hybridized carbons (Fsp3) is 0.286. The molecule has 1 heterocycles. The first-order chi connectivity index (χ1) is 10.1. The van der Waals surface area contributed by atoms with Gasteiger partial charge in [0.15, 0.2) is 0 Å². The van der Waals surface area contributed by atoms with Crippen LogP contribution >= 0.6 is 11.6 Å². The van der Waals surface area contributed by atoms with Crippen LogP contribution in [0.5, 0.6) is 5.75 Å². The standard InChI is InChI=1S/C14H16ClN3O3/c1-16-14-18-8-12(21-14)13(19)17-6-5-9-3-4-10(15)11(7-9)20-2/h3-4,7-8H,5-6H2,1-2H3,(H,16,18)(H,17,19). The van der Waals surface area contributed by atoms with Gasteiger partial charge < -0.3 is 19.8 Å². The fourth-order valence-corrected chi connectivity index (χ4v) is 1.96. The number of ether oxygens (including phenoxy) is 1. The van der Waals surface area contributed by atoms with Crippen molar-refractivity contribution in [2.45, 2.75) is 6.42 Å². The molecule has 2 rings (SSSR count). The van der Waals surface area contributed by atoms with Gasteiger partial charge in [0.1, 0.15) is 5.75 Å². The third-order valence-corrected chi connectivity index (χ3v) is 3.17. The van der Waals surface area contributed by atoms with Crippen LogP contribution in [-0.2, 0) is 6.42 Å². The number of methoxy groups -OCH3 is 1. The molecule has 112 valence electrons. The van der Waals surface area contributed by atoms with Gasteiger partial charge in [0.25, 0.3) is 11.9 Å². The van der Waals surface area contributed by atoms with Gasteiger partial charge in [-0.15, -0.1) is 0 Å². The Balaban J connectivity index is 1.87. The number of amides is 1. The van der Waals surface area contributed by atoms with Crippen LogP contribution in [0, 0.1) is 0 Å². The Hall–Kier alpha value is -2.21. The molecule has 7 heteroatoms. The van der Waals surface area contributed by atoms with Gasteiger partial charge in [-0.1, -0.05) is 17.7 Å². The summed E-state index contributed by atoms with van der Waals surface area (Å²) >= 11 is 5.96. The average molecular weight is 310 g/mol. The summed E-state index contributed by atoms with van der Waals surface area (Å²) in [6.45, 7) is 0.471. The highest BCUT2D eigenvalue weighted by atomic mass is 35.5. The van der Waals surface area contributed by atoms with Crippen molar-refractivity contribution in [2.75, 3.05) is 26.0 Å². The molecule has 0 radical (unpaired) electrons. The van der Waals surface area contributed by atoms with Gasteiger partial charge >= 0.3 is 0 Å². The highest BCUT2D eigenvalue weighted by Gasteiger charge is 2.11. The number of nitrogens with zero attached hydrogens (tertiary/aromatic N) is 1. The summed E-state index contributed by atoms with van der Waals surface area (Å²) in [5.41, 5.74) is 1.02. The molecule has 1 amide bonds. The predicted molar refractivity (Wildman–Crippen MR) is 80.1 cm³/mol. The Morgan fingerprint density at radius 3 is 2.95 bits per heavy atom. The summed E-state index contributed by atoms with van der Waals surface area (Å²) < 4.78 is 10.3. The minimum Gasteiger partial charge on any atom is -0.495 e. The molecule has 0 saturated carbocycles. The number of hydrogen-bond acceptors (Lipinski definition) is 5. The number of anilines is 1. The molecule has 2 aromatic rings. The highest BCUT2D eigenvalue weighted by Crippen LogP contribution is 2.25. The number of carbonyl (C=O) groups excluding carboxylic acids is 1. The van der Waals surface area contributed by atoms with Crippen molar-refractivity contribution in [2.24, 2.45) is 0 Å². The third-order valence-electron chi connectivity index (χ3n) is 2.86. The summed E-state index contributed by atoms with van der Waals surface area (Å²) in [5, 5.41) is 6.04. The number of oxazole rings is 1. The second-order valence-corrected chi connectivity index (χ2v) is 4.66. The second kappa shape index (κ2) is 6.99. The van der Waals surface area contributed by atoms with Crippen LogP contribution in [0.15, 0.2) is 28.8 Å². The average Bonchev–Trinajstić information content (AvgIpc) is 2.98. The largest absolute Gasteiger partial charge is 0.495 e. The number of hydrogen-bond donors (Lipinski definition) is 2. The van der Waals surface area contributed by atoms with E-state index in [0.717, 1.165) is 5.56 Å². The van der Waals surface area contributed by atoms with Crippen molar-refractivity contribution in [3.05, 3.63) is 40.7 Å². The zero-order valence-electron chi connectivity index (χ0n) is 11.8. The van der Waals surface area contributed by atoms with Crippen molar-refractivity contribution >= 4 is 23.5 Å². The van der Waals surface area contributed by atoms with E-state index in [1.165, 1.54) is 6.20 Å². The molecule has 21 heavy (non-hydrogen) atoms. The number of aromatic nitrogens is 1. The minimum atomic E-state index is -0.301. The van der Waals surface area contributed by atoms with E-state index in [0.29, 0.717) is 29.8 Å². The molecule has 0 aliphatic rings. The van der Waals surface area contributed by atoms with E-state index in [-0.39, 0.29) is 11.7 Å². The molecule has 0 fully saturated rings. The van der Waals surface area contributed by atoms with Gasteiger partial charge in [-0.25, -0.2) is 4.98 Å². The van der Waals surface area contributed by atoms with Crippen LogP contribution in [0.1, 0.15) is 16.1 Å². The Bertz CT molecular complexity index is 628. The number of nitrogens with one attached hydrogen (secondary N) is 2. The monoisotopic (exact) mass is 309 g/mol. The molecule has 0 aliphatic heterocycles. The molecule has 1 aromatic heterocycles. The van der Waals surface area contributed by atoms with E-state index >= 15 is 0 Å². The maximum atomic E-state index is 11.8. The Labute approximate surface area is 127 Å². The summed E-state index contributed by atoms with van der Waals surface area (Å²) in [4.78, 5) is 15.7. The van der Waals surface area contributed by atoms with Gasteiger partial charge in [-0.3, -0.25) is 4.79 Å². The van der Waals surface area contributed by atoms with E-state index in [1.807, 2.05) is 12.1 Å². The molecule has 0 saturated heterocycles. The molecule has 1 aromatic carbocycles. The van der Waals surface area contributed by atoms with Gasteiger partial charge in [0, 0.05) is 13.6 Å². The molecule has 0 aliphatic carbocycles. The Morgan fingerprint density at radius 2 is 2.29 bits per heavy atom. The number of benzene rings is 1. The molecular weight excluding hydrogens is 294 g/mol. The van der Waals surface area contributed by atoms with Crippen LogP contribution < -0.4 is 15.4 Å². The van der Waals surface area contributed by atoms with E-state index < -0.39 is 0 Å². The fourth-order valence-electron chi connectivity index (χ4n) is 1.76. The number of carbonyl (C=O) groups is 1. The summed E-state index contributed by atoms with van der Waals surface area (Å²) in [6.07, 6.45) is 2.04. The lowest BCUT2D eigenvalue weighted by Crippen LogP contribution is -2.25. The van der Waals surface area contributed by atoms with Crippen molar-refractivity contribution in [3.8, 4) is 5.75 Å². The molecule has 0 atom stereocenters.